The second-order valence-corrected chi connectivity index (χ2v) is 4.93. The minimum atomic E-state index is -0.262. The van der Waals surface area contributed by atoms with Gasteiger partial charge in [0.25, 0.3) is 0 Å². The molecule has 2 rings (SSSR count). The van der Waals surface area contributed by atoms with Crippen LogP contribution in [0.15, 0.2) is 36.4 Å². The maximum atomic E-state index is 12.4. The standard InChI is InChI=1S/C18H19NO5/c1-22-15-8-11(4-6-13(15)19)5-7-14(20)12-9-16(23-2)18(21)17(10-12)24-3/h4-10,21H,19H2,1-3H3/b7-5+. The van der Waals surface area contributed by atoms with Crippen LogP contribution in [-0.2, 0) is 0 Å². The number of anilines is 1. The fourth-order valence-electron chi connectivity index (χ4n) is 2.14. The van der Waals surface area contributed by atoms with Gasteiger partial charge in [0.05, 0.1) is 27.0 Å². The van der Waals surface area contributed by atoms with E-state index in [1.165, 1.54) is 39.5 Å². The minimum Gasteiger partial charge on any atom is -0.502 e. The Bertz CT molecular complexity index is 758. The van der Waals surface area contributed by atoms with Crippen molar-refractivity contribution in [3.63, 3.8) is 0 Å². The summed E-state index contributed by atoms with van der Waals surface area (Å²) < 4.78 is 15.2. The highest BCUT2D eigenvalue weighted by Crippen LogP contribution is 2.37. The molecule has 0 saturated heterocycles. The number of ether oxygens (including phenoxy) is 3. The molecule has 0 aliphatic carbocycles. The molecule has 0 amide bonds. The highest BCUT2D eigenvalue weighted by atomic mass is 16.5. The lowest BCUT2D eigenvalue weighted by atomic mass is 10.1. The minimum absolute atomic E-state index is 0.149. The normalized spacial score (nSPS) is 10.6. The Morgan fingerprint density at radius 2 is 1.58 bits per heavy atom. The van der Waals surface area contributed by atoms with E-state index in [-0.39, 0.29) is 23.0 Å². The Morgan fingerprint density at radius 3 is 2.12 bits per heavy atom. The molecule has 3 N–H and O–H groups in total. The zero-order valence-electron chi connectivity index (χ0n) is 13.7. The summed E-state index contributed by atoms with van der Waals surface area (Å²) in [6.45, 7) is 0. The molecule has 0 spiro atoms. The van der Waals surface area contributed by atoms with Gasteiger partial charge in [0.2, 0.25) is 5.75 Å². The van der Waals surface area contributed by atoms with E-state index >= 15 is 0 Å². The van der Waals surface area contributed by atoms with Gasteiger partial charge in [-0.3, -0.25) is 4.79 Å². The summed E-state index contributed by atoms with van der Waals surface area (Å²) >= 11 is 0. The molecule has 0 unspecified atom stereocenters. The molecule has 0 aliphatic heterocycles. The van der Waals surface area contributed by atoms with Crippen LogP contribution in [0.5, 0.6) is 23.0 Å². The van der Waals surface area contributed by atoms with Gasteiger partial charge in [0.1, 0.15) is 5.75 Å². The van der Waals surface area contributed by atoms with E-state index in [1.807, 2.05) is 0 Å². The topological polar surface area (TPSA) is 91.0 Å². The molecule has 2 aromatic carbocycles. The number of benzene rings is 2. The number of phenols is 1. The van der Waals surface area contributed by atoms with Crippen molar-refractivity contribution in [3.05, 3.63) is 47.5 Å². The third kappa shape index (κ3) is 3.60. The van der Waals surface area contributed by atoms with Crippen molar-refractivity contribution in [2.24, 2.45) is 0 Å². The Labute approximate surface area is 140 Å². The Balaban J connectivity index is 2.29. The van der Waals surface area contributed by atoms with Crippen LogP contribution in [0.2, 0.25) is 0 Å². The number of hydrogen-bond donors (Lipinski definition) is 2. The lowest BCUT2D eigenvalue weighted by molar-refractivity contribution is 0.104. The molecule has 0 radical (unpaired) electrons. The van der Waals surface area contributed by atoms with E-state index in [9.17, 15) is 9.90 Å². The van der Waals surface area contributed by atoms with Crippen molar-refractivity contribution in [1.82, 2.24) is 0 Å². The third-order valence-corrected chi connectivity index (χ3v) is 3.45. The predicted octanol–water partition coefficient (Wildman–Crippen LogP) is 2.90. The zero-order chi connectivity index (χ0) is 17.7. The number of ketones is 1. The predicted molar refractivity (Wildman–Crippen MR) is 92.0 cm³/mol. The molecular weight excluding hydrogens is 310 g/mol. The Morgan fingerprint density at radius 1 is 1.00 bits per heavy atom. The number of carbonyl (C=O) groups is 1. The number of methoxy groups -OCH3 is 3. The molecule has 0 bridgehead atoms. The fraction of sp³-hybridized carbons (Fsp3) is 0.167. The summed E-state index contributed by atoms with van der Waals surface area (Å²) in [6.07, 6.45) is 3.06. The number of allylic oxidation sites excluding steroid dienone is 1. The number of nitrogen functional groups attached to an aromatic ring is 1. The van der Waals surface area contributed by atoms with Crippen LogP contribution in [0.3, 0.4) is 0 Å². The summed E-state index contributed by atoms with van der Waals surface area (Å²) in [4.78, 5) is 12.4. The first-order valence-corrected chi connectivity index (χ1v) is 7.11. The second-order valence-electron chi connectivity index (χ2n) is 4.93. The van der Waals surface area contributed by atoms with Crippen LogP contribution in [0.25, 0.3) is 6.08 Å². The van der Waals surface area contributed by atoms with Crippen molar-refractivity contribution in [3.8, 4) is 23.0 Å². The van der Waals surface area contributed by atoms with E-state index in [2.05, 4.69) is 0 Å². The molecule has 6 heteroatoms. The van der Waals surface area contributed by atoms with Crippen LogP contribution in [0.1, 0.15) is 15.9 Å². The van der Waals surface area contributed by atoms with E-state index in [0.29, 0.717) is 17.0 Å². The monoisotopic (exact) mass is 329 g/mol. The second kappa shape index (κ2) is 7.41. The van der Waals surface area contributed by atoms with Crippen molar-refractivity contribution >= 4 is 17.5 Å². The largest absolute Gasteiger partial charge is 0.502 e. The van der Waals surface area contributed by atoms with E-state index in [0.717, 1.165) is 5.56 Å². The average molecular weight is 329 g/mol. The lowest BCUT2D eigenvalue weighted by Gasteiger charge is -2.09. The van der Waals surface area contributed by atoms with Crippen LogP contribution in [0.4, 0.5) is 5.69 Å². The van der Waals surface area contributed by atoms with Crippen LogP contribution in [-0.4, -0.2) is 32.2 Å². The quantitative estimate of drug-likeness (QED) is 0.481. The first kappa shape index (κ1) is 17.2. The van der Waals surface area contributed by atoms with Gasteiger partial charge in [-0.15, -0.1) is 0 Å². The van der Waals surface area contributed by atoms with Gasteiger partial charge >= 0.3 is 0 Å². The molecule has 24 heavy (non-hydrogen) atoms. The first-order valence-electron chi connectivity index (χ1n) is 7.11. The number of phenolic OH excluding ortho intramolecular Hbond substituents is 1. The smallest absolute Gasteiger partial charge is 0.200 e. The molecule has 0 saturated carbocycles. The summed E-state index contributed by atoms with van der Waals surface area (Å²) in [5.41, 5.74) is 7.38. The molecule has 0 heterocycles. The van der Waals surface area contributed by atoms with E-state index in [1.54, 1.807) is 24.3 Å². The molecule has 0 atom stereocenters. The molecule has 6 nitrogen and oxygen atoms in total. The molecule has 0 aliphatic rings. The Kier molecular flexibility index (Phi) is 5.31. The molecular formula is C18H19NO5. The maximum absolute atomic E-state index is 12.4. The number of carbonyl (C=O) groups excluding carboxylic acids is 1. The van der Waals surface area contributed by atoms with Crippen molar-refractivity contribution < 1.29 is 24.1 Å². The van der Waals surface area contributed by atoms with E-state index in [4.69, 9.17) is 19.9 Å². The Hall–Kier alpha value is -3.15. The fourth-order valence-corrected chi connectivity index (χ4v) is 2.14. The molecule has 126 valence electrons. The third-order valence-electron chi connectivity index (χ3n) is 3.45. The van der Waals surface area contributed by atoms with Gasteiger partial charge in [-0.1, -0.05) is 12.1 Å². The lowest BCUT2D eigenvalue weighted by Crippen LogP contribution is -1.98. The number of nitrogens with two attached hydrogens (primary N) is 1. The molecule has 0 aromatic heterocycles. The van der Waals surface area contributed by atoms with Gasteiger partial charge in [0.15, 0.2) is 17.3 Å². The van der Waals surface area contributed by atoms with Gasteiger partial charge in [-0.2, -0.15) is 0 Å². The number of rotatable bonds is 6. The number of aromatic hydroxyl groups is 1. The maximum Gasteiger partial charge on any atom is 0.200 e. The van der Waals surface area contributed by atoms with Crippen molar-refractivity contribution in [1.29, 1.82) is 0 Å². The molecule has 0 fully saturated rings. The van der Waals surface area contributed by atoms with Gasteiger partial charge in [-0.25, -0.2) is 0 Å². The number of hydrogen-bond acceptors (Lipinski definition) is 6. The first-order chi connectivity index (χ1) is 11.5. The highest BCUT2D eigenvalue weighted by Gasteiger charge is 2.14. The highest BCUT2D eigenvalue weighted by molar-refractivity contribution is 6.07. The van der Waals surface area contributed by atoms with Gasteiger partial charge < -0.3 is 25.1 Å². The molecule has 2 aromatic rings. The van der Waals surface area contributed by atoms with Crippen LogP contribution in [0, 0.1) is 0 Å². The van der Waals surface area contributed by atoms with Crippen molar-refractivity contribution in [2.45, 2.75) is 0 Å². The van der Waals surface area contributed by atoms with Crippen molar-refractivity contribution in [2.75, 3.05) is 27.1 Å². The average Bonchev–Trinajstić information content (AvgIpc) is 2.60. The summed E-state index contributed by atoms with van der Waals surface area (Å²) in [5.74, 6) is 0.462. The summed E-state index contributed by atoms with van der Waals surface area (Å²) in [5, 5.41) is 9.88. The zero-order valence-corrected chi connectivity index (χ0v) is 13.7. The summed E-state index contributed by atoms with van der Waals surface area (Å²) in [6, 6.07) is 8.12. The van der Waals surface area contributed by atoms with E-state index < -0.39 is 0 Å². The summed E-state index contributed by atoms with van der Waals surface area (Å²) in [7, 11) is 4.33. The SMILES string of the molecule is COc1cc(/C=C/C(=O)c2cc(OC)c(O)c(OC)c2)ccc1N. The van der Waals surface area contributed by atoms with Gasteiger partial charge in [0, 0.05) is 5.56 Å². The van der Waals surface area contributed by atoms with Crippen LogP contribution < -0.4 is 19.9 Å². The van der Waals surface area contributed by atoms with Gasteiger partial charge in [-0.05, 0) is 35.9 Å². The van der Waals surface area contributed by atoms with Crippen LogP contribution >= 0.6 is 0 Å².